The molecule has 6 nitrogen and oxygen atoms in total. The van der Waals surface area contributed by atoms with Crippen molar-refractivity contribution in [2.24, 2.45) is 0 Å². The Bertz CT molecular complexity index is 673. The molecule has 0 saturated carbocycles. The highest BCUT2D eigenvalue weighted by molar-refractivity contribution is 6.36. The van der Waals surface area contributed by atoms with Gasteiger partial charge in [-0.15, -0.1) is 0 Å². The van der Waals surface area contributed by atoms with E-state index in [2.05, 4.69) is 15.6 Å². The fraction of sp³-hybridized carbons (Fsp3) is 0.353. The quantitative estimate of drug-likeness (QED) is 0.512. The topological polar surface area (TPSA) is 91.1 Å². The summed E-state index contributed by atoms with van der Waals surface area (Å²) in [5.74, 6) is -1.07. The first kappa shape index (κ1) is 16.7. The third kappa shape index (κ3) is 4.67. The zero-order valence-electron chi connectivity index (χ0n) is 13.1. The summed E-state index contributed by atoms with van der Waals surface area (Å²) in [5.41, 5.74) is 1.48. The van der Waals surface area contributed by atoms with Crippen molar-refractivity contribution in [3.05, 3.63) is 36.0 Å². The van der Waals surface area contributed by atoms with Gasteiger partial charge < -0.3 is 15.6 Å². The minimum absolute atomic E-state index is 0.136. The van der Waals surface area contributed by atoms with Gasteiger partial charge in [-0.25, -0.2) is 0 Å². The van der Waals surface area contributed by atoms with Crippen LogP contribution in [0.1, 0.15) is 36.2 Å². The summed E-state index contributed by atoms with van der Waals surface area (Å²) in [5, 5.41) is 6.16. The van der Waals surface area contributed by atoms with E-state index in [1.807, 2.05) is 30.3 Å². The summed E-state index contributed by atoms with van der Waals surface area (Å²) < 4.78 is 0. The van der Waals surface area contributed by atoms with Crippen LogP contribution in [0.2, 0.25) is 0 Å². The normalized spacial score (nSPS) is 10.5. The smallest absolute Gasteiger partial charge is 0.287 e. The number of rotatable bonds is 8. The number of likely N-dealkylation sites (N-methyl/N-ethyl adjacent to an activating group) is 1. The Balaban J connectivity index is 1.67. The molecule has 1 heterocycles. The molecule has 0 bridgehead atoms. The Morgan fingerprint density at radius 3 is 2.61 bits per heavy atom. The van der Waals surface area contributed by atoms with Crippen LogP contribution in [0.25, 0.3) is 10.9 Å². The number of carbonyl (C=O) groups is 3. The Morgan fingerprint density at radius 1 is 1.09 bits per heavy atom. The Labute approximate surface area is 134 Å². The number of H-pyrrole nitrogens is 1. The number of carbonyl (C=O) groups excluding carboxylic acids is 3. The number of nitrogens with one attached hydrogen (secondary N) is 3. The van der Waals surface area contributed by atoms with Crippen molar-refractivity contribution in [3.63, 3.8) is 0 Å². The molecule has 2 rings (SSSR count). The molecule has 0 radical (unpaired) electrons. The largest absolute Gasteiger partial charge is 0.353 e. The molecule has 1 aromatic carbocycles. The van der Waals surface area contributed by atoms with E-state index < -0.39 is 11.7 Å². The third-order valence-electron chi connectivity index (χ3n) is 3.62. The molecule has 23 heavy (non-hydrogen) atoms. The molecule has 0 atom stereocenters. The maximum Gasteiger partial charge on any atom is 0.287 e. The molecule has 0 fully saturated rings. The van der Waals surface area contributed by atoms with Gasteiger partial charge in [-0.1, -0.05) is 24.6 Å². The van der Waals surface area contributed by atoms with E-state index >= 15 is 0 Å². The molecule has 1 aromatic heterocycles. The molecule has 0 unspecified atom stereocenters. The number of hydrogen-bond donors (Lipinski definition) is 3. The number of aromatic amines is 1. The summed E-state index contributed by atoms with van der Waals surface area (Å²) in [6, 6.07) is 9.55. The first-order chi connectivity index (χ1) is 11.1. The van der Waals surface area contributed by atoms with Crippen LogP contribution in [-0.2, 0) is 9.59 Å². The van der Waals surface area contributed by atoms with Gasteiger partial charge in [0.05, 0.1) is 0 Å². The van der Waals surface area contributed by atoms with E-state index in [0.29, 0.717) is 18.7 Å². The lowest BCUT2D eigenvalue weighted by molar-refractivity contribution is -0.137. The van der Waals surface area contributed by atoms with Gasteiger partial charge in [0, 0.05) is 30.9 Å². The summed E-state index contributed by atoms with van der Waals surface area (Å²) in [4.78, 5) is 37.4. The second-order valence-corrected chi connectivity index (χ2v) is 5.34. The van der Waals surface area contributed by atoms with Gasteiger partial charge in [0.2, 0.25) is 5.78 Å². The number of amides is 2. The van der Waals surface area contributed by atoms with Crippen LogP contribution in [0.4, 0.5) is 0 Å². The zero-order chi connectivity index (χ0) is 16.7. The van der Waals surface area contributed by atoms with E-state index in [1.54, 1.807) is 0 Å². The third-order valence-corrected chi connectivity index (χ3v) is 3.62. The molecule has 0 aliphatic carbocycles. The zero-order valence-corrected chi connectivity index (χ0v) is 13.1. The van der Waals surface area contributed by atoms with Crippen molar-refractivity contribution in [1.29, 1.82) is 0 Å². The monoisotopic (exact) mass is 315 g/mol. The van der Waals surface area contributed by atoms with Crippen LogP contribution >= 0.6 is 0 Å². The Hall–Kier alpha value is -2.63. The number of hydrogen-bond acceptors (Lipinski definition) is 3. The van der Waals surface area contributed by atoms with Crippen LogP contribution in [0.3, 0.4) is 0 Å². The lowest BCUT2D eigenvalue weighted by atomic mass is 10.1. The summed E-state index contributed by atoms with van der Waals surface area (Å²) >= 11 is 0. The highest BCUT2D eigenvalue weighted by Gasteiger charge is 2.11. The minimum Gasteiger partial charge on any atom is -0.353 e. The van der Waals surface area contributed by atoms with E-state index in [4.69, 9.17) is 0 Å². The van der Waals surface area contributed by atoms with Crippen LogP contribution in [0, 0.1) is 0 Å². The molecule has 3 N–H and O–H groups in total. The van der Waals surface area contributed by atoms with Crippen LogP contribution in [0.15, 0.2) is 30.3 Å². The first-order valence-corrected chi connectivity index (χ1v) is 7.72. The number of ketones is 1. The number of Topliss-reactive ketones (excluding diaryl/α,β-unsaturated/α-hetero) is 1. The van der Waals surface area contributed by atoms with Crippen molar-refractivity contribution in [2.75, 3.05) is 13.6 Å². The number of para-hydroxylation sites is 1. The van der Waals surface area contributed by atoms with E-state index in [1.165, 1.54) is 7.05 Å². The van der Waals surface area contributed by atoms with Gasteiger partial charge in [-0.3, -0.25) is 14.4 Å². The molecule has 0 aliphatic heterocycles. The second kappa shape index (κ2) is 8.12. The predicted octanol–water partition coefficient (Wildman–Crippen LogP) is 1.77. The molecular weight excluding hydrogens is 294 g/mol. The van der Waals surface area contributed by atoms with Crippen molar-refractivity contribution in [2.45, 2.75) is 25.7 Å². The molecule has 0 aliphatic rings. The van der Waals surface area contributed by atoms with Crippen LogP contribution in [0.5, 0.6) is 0 Å². The van der Waals surface area contributed by atoms with Crippen molar-refractivity contribution >= 4 is 28.5 Å². The lowest BCUT2D eigenvalue weighted by Crippen LogP contribution is -2.27. The van der Waals surface area contributed by atoms with Crippen molar-refractivity contribution in [1.82, 2.24) is 15.6 Å². The molecule has 2 aromatic rings. The first-order valence-electron chi connectivity index (χ1n) is 7.72. The van der Waals surface area contributed by atoms with Crippen molar-refractivity contribution in [3.8, 4) is 0 Å². The average molecular weight is 315 g/mol. The highest BCUT2D eigenvalue weighted by atomic mass is 16.2. The number of fused-ring (bicyclic) bond motifs is 1. The summed E-state index contributed by atoms with van der Waals surface area (Å²) in [7, 11) is 1.44. The summed E-state index contributed by atoms with van der Waals surface area (Å²) in [6.45, 7) is 0.544. The van der Waals surface area contributed by atoms with Gasteiger partial charge >= 0.3 is 0 Å². The standard InChI is InChI=1S/C17H21N3O3/c1-18-17(23)15(21)9-3-2-6-10-19-16(22)14-11-12-7-4-5-8-13(12)20-14/h4-5,7-8,11,20H,2-3,6,9-10H2,1H3,(H,18,23)(H,19,22). The Kier molecular flexibility index (Phi) is 5.91. The van der Waals surface area contributed by atoms with E-state index in [-0.39, 0.29) is 12.3 Å². The number of aromatic nitrogens is 1. The van der Waals surface area contributed by atoms with Gasteiger partial charge in [-0.2, -0.15) is 0 Å². The molecule has 0 saturated heterocycles. The number of unbranched alkanes of at least 4 members (excludes halogenated alkanes) is 2. The molecule has 2 amide bonds. The average Bonchev–Trinajstić information content (AvgIpc) is 3.00. The minimum atomic E-state index is -0.544. The molecule has 0 spiro atoms. The van der Waals surface area contributed by atoms with Gasteiger partial charge in [0.25, 0.3) is 11.8 Å². The van der Waals surface area contributed by atoms with Gasteiger partial charge in [0.15, 0.2) is 0 Å². The van der Waals surface area contributed by atoms with Crippen LogP contribution in [-0.4, -0.2) is 36.2 Å². The van der Waals surface area contributed by atoms with Crippen LogP contribution < -0.4 is 10.6 Å². The number of benzene rings is 1. The summed E-state index contributed by atoms with van der Waals surface area (Å²) in [6.07, 6.45) is 2.45. The molecular formula is C17H21N3O3. The lowest BCUT2D eigenvalue weighted by Gasteiger charge is -2.03. The van der Waals surface area contributed by atoms with Gasteiger partial charge in [-0.05, 0) is 25.0 Å². The van der Waals surface area contributed by atoms with E-state index in [0.717, 1.165) is 23.7 Å². The Morgan fingerprint density at radius 2 is 1.87 bits per heavy atom. The molecule has 122 valence electrons. The van der Waals surface area contributed by atoms with Crippen molar-refractivity contribution < 1.29 is 14.4 Å². The highest BCUT2D eigenvalue weighted by Crippen LogP contribution is 2.14. The maximum absolute atomic E-state index is 12.0. The fourth-order valence-corrected chi connectivity index (χ4v) is 2.33. The SMILES string of the molecule is CNC(=O)C(=O)CCCCCNC(=O)c1cc2ccccc2[nH]1. The fourth-order valence-electron chi connectivity index (χ4n) is 2.33. The second-order valence-electron chi connectivity index (χ2n) is 5.34. The van der Waals surface area contributed by atoms with E-state index in [9.17, 15) is 14.4 Å². The predicted molar refractivity (Wildman–Crippen MR) is 88.2 cm³/mol. The maximum atomic E-state index is 12.0. The van der Waals surface area contributed by atoms with Gasteiger partial charge in [0.1, 0.15) is 5.69 Å². The molecule has 6 heteroatoms.